The highest BCUT2D eigenvalue weighted by Crippen LogP contribution is 2.30. The summed E-state index contributed by atoms with van der Waals surface area (Å²) >= 11 is 0. The van der Waals surface area contributed by atoms with Crippen molar-refractivity contribution < 1.29 is 4.74 Å². The van der Waals surface area contributed by atoms with Gasteiger partial charge in [0.05, 0.1) is 18.7 Å². The van der Waals surface area contributed by atoms with Crippen molar-refractivity contribution in [1.82, 2.24) is 30.1 Å². The topological polar surface area (TPSA) is 88.9 Å². The molecule has 184 valence electrons. The second-order valence-corrected chi connectivity index (χ2v) is 9.51. The van der Waals surface area contributed by atoms with E-state index in [1.165, 1.54) is 5.56 Å². The number of pyridine rings is 1. The predicted octanol–water partition coefficient (Wildman–Crippen LogP) is 4.82. The number of hydrogen-bond acceptors (Lipinski definition) is 6. The summed E-state index contributed by atoms with van der Waals surface area (Å²) in [6.07, 6.45) is 1.69. The summed E-state index contributed by atoms with van der Waals surface area (Å²) in [6.45, 7) is 9.67. The number of rotatable bonds is 10. The van der Waals surface area contributed by atoms with Gasteiger partial charge < -0.3 is 9.72 Å². The van der Waals surface area contributed by atoms with E-state index in [1.807, 2.05) is 47.1 Å². The van der Waals surface area contributed by atoms with Crippen molar-refractivity contribution in [3.05, 3.63) is 81.9 Å². The van der Waals surface area contributed by atoms with Crippen LogP contribution in [0.1, 0.15) is 63.5 Å². The summed E-state index contributed by atoms with van der Waals surface area (Å²) in [4.78, 5) is 18.4. The maximum atomic E-state index is 13.1. The minimum atomic E-state index is -0.221. The van der Waals surface area contributed by atoms with Crippen molar-refractivity contribution in [2.45, 2.75) is 65.2 Å². The summed E-state index contributed by atoms with van der Waals surface area (Å²) in [7, 11) is 1.64. The van der Waals surface area contributed by atoms with Crippen LogP contribution in [0.15, 0.2) is 59.4 Å². The lowest BCUT2D eigenvalue weighted by Gasteiger charge is -2.33. The van der Waals surface area contributed by atoms with Crippen molar-refractivity contribution in [2.75, 3.05) is 7.11 Å². The SMILES string of the molecule is CC[C@@H](c1nnnn1C(C)(C)CC)N(Cc1ccccc1)Cc1cc2cc(OC)ccc2[nH]c1=O. The summed E-state index contributed by atoms with van der Waals surface area (Å²) in [5.74, 6) is 1.57. The molecule has 2 aromatic heterocycles. The number of aromatic nitrogens is 5. The molecule has 35 heavy (non-hydrogen) atoms. The zero-order chi connectivity index (χ0) is 25.0. The van der Waals surface area contributed by atoms with Gasteiger partial charge in [0.1, 0.15) is 5.75 Å². The summed E-state index contributed by atoms with van der Waals surface area (Å²) in [6, 6.07) is 17.8. The van der Waals surface area contributed by atoms with Gasteiger partial charge in [-0.1, -0.05) is 44.2 Å². The Hall–Kier alpha value is -3.52. The second kappa shape index (κ2) is 10.4. The first-order valence-corrected chi connectivity index (χ1v) is 12.1. The van der Waals surface area contributed by atoms with Gasteiger partial charge in [-0.3, -0.25) is 9.69 Å². The van der Waals surface area contributed by atoms with Crippen LogP contribution in [-0.2, 0) is 18.6 Å². The molecule has 4 rings (SSSR count). The molecule has 2 heterocycles. The molecule has 8 heteroatoms. The molecule has 8 nitrogen and oxygen atoms in total. The van der Waals surface area contributed by atoms with E-state index in [4.69, 9.17) is 4.74 Å². The molecule has 0 aliphatic carbocycles. The number of nitrogens with zero attached hydrogens (tertiary/aromatic N) is 5. The standard InChI is InChI=1S/C27H34N6O2/c1-6-24(25-29-30-31-33(25)27(3,4)7-2)32(17-19-11-9-8-10-12-19)18-21-15-20-16-22(35-5)13-14-23(20)28-26(21)34/h8-16,24H,6-7,17-18H2,1-5H3,(H,28,34)/t24-/m0/s1. The van der Waals surface area contributed by atoms with Crippen LogP contribution in [0.5, 0.6) is 5.75 Å². The minimum Gasteiger partial charge on any atom is -0.497 e. The molecule has 0 unspecified atom stereocenters. The number of methoxy groups -OCH3 is 1. The van der Waals surface area contributed by atoms with E-state index in [1.54, 1.807) is 7.11 Å². The normalized spacial score (nSPS) is 12.9. The molecule has 0 spiro atoms. The van der Waals surface area contributed by atoms with E-state index < -0.39 is 0 Å². The minimum absolute atomic E-state index is 0.0727. The van der Waals surface area contributed by atoms with E-state index in [-0.39, 0.29) is 17.1 Å². The maximum absolute atomic E-state index is 13.1. The molecule has 0 aliphatic heterocycles. The average Bonchev–Trinajstić information content (AvgIpc) is 3.36. The lowest BCUT2D eigenvalue weighted by Crippen LogP contribution is -2.36. The first-order valence-electron chi connectivity index (χ1n) is 12.1. The van der Waals surface area contributed by atoms with E-state index in [9.17, 15) is 4.79 Å². The quantitative estimate of drug-likeness (QED) is 0.354. The lowest BCUT2D eigenvalue weighted by atomic mass is 10.0. The molecule has 0 amide bonds. The molecule has 4 aromatic rings. The van der Waals surface area contributed by atoms with E-state index in [0.717, 1.165) is 35.3 Å². The Labute approximate surface area is 205 Å². The molecular formula is C27H34N6O2. The number of aromatic amines is 1. The van der Waals surface area contributed by atoms with Crippen molar-refractivity contribution in [1.29, 1.82) is 0 Å². The van der Waals surface area contributed by atoms with Gasteiger partial charge in [-0.25, -0.2) is 4.68 Å². The van der Waals surface area contributed by atoms with Crippen LogP contribution < -0.4 is 10.3 Å². The zero-order valence-corrected chi connectivity index (χ0v) is 21.2. The van der Waals surface area contributed by atoms with Gasteiger partial charge in [-0.15, -0.1) is 5.10 Å². The second-order valence-electron chi connectivity index (χ2n) is 9.51. The number of benzene rings is 2. The number of fused-ring (bicyclic) bond motifs is 1. The fourth-order valence-electron chi connectivity index (χ4n) is 4.37. The molecular weight excluding hydrogens is 440 g/mol. The van der Waals surface area contributed by atoms with Crippen LogP contribution in [0.25, 0.3) is 10.9 Å². The maximum Gasteiger partial charge on any atom is 0.252 e. The number of tetrazole rings is 1. The van der Waals surface area contributed by atoms with Crippen LogP contribution in [0.2, 0.25) is 0 Å². The molecule has 1 atom stereocenters. The number of ether oxygens (including phenoxy) is 1. The van der Waals surface area contributed by atoms with Crippen molar-refractivity contribution in [3.8, 4) is 5.75 Å². The van der Waals surface area contributed by atoms with Gasteiger partial charge in [-0.2, -0.15) is 0 Å². The van der Waals surface area contributed by atoms with Gasteiger partial charge >= 0.3 is 0 Å². The van der Waals surface area contributed by atoms with Gasteiger partial charge in [0.2, 0.25) is 0 Å². The molecule has 0 fully saturated rings. The third-order valence-corrected chi connectivity index (χ3v) is 6.79. The molecule has 0 saturated carbocycles. The molecule has 0 aliphatic rings. The van der Waals surface area contributed by atoms with Crippen LogP contribution >= 0.6 is 0 Å². The molecule has 2 aromatic carbocycles. The highest BCUT2D eigenvalue weighted by atomic mass is 16.5. The van der Waals surface area contributed by atoms with Gasteiger partial charge in [-0.05, 0) is 66.9 Å². The van der Waals surface area contributed by atoms with Crippen molar-refractivity contribution in [3.63, 3.8) is 0 Å². The Morgan fingerprint density at radius 3 is 2.54 bits per heavy atom. The Balaban J connectivity index is 1.77. The first kappa shape index (κ1) is 24.6. The Bertz CT molecular complexity index is 1330. The lowest BCUT2D eigenvalue weighted by molar-refractivity contribution is 0.150. The smallest absolute Gasteiger partial charge is 0.252 e. The van der Waals surface area contributed by atoms with Crippen LogP contribution in [0.3, 0.4) is 0 Å². The van der Waals surface area contributed by atoms with Crippen molar-refractivity contribution >= 4 is 10.9 Å². The van der Waals surface area contributed by atoms with Crippen LogP contribution in [0.4, 0.5) is 0 Å². The summed E-state index contributed by atoms with van der Waals surface area (Å²) in [5, 5.41) is 13.8. The zero-order valence-electron chi connectivity index (χ0n) is 21.2. The fraction of sp³-hybridized carbons (Fsp3) is 0.407. The number of hydrogen-bond donors (Lipinski definition) is 1. The molecule has 1 N–H and O–H groups in total. The molecule has 0 saturated heterocycles. The van der Waals surface area contributed by atoms with E-state index in [2.05, 4.69) is 65.2 Å². The van der Waals surface area contributed by atoms with Crippen LogP contribution in [0, 0.1) is 0 Å². The Morgan fingerprint density at radius 2 is 1.86 bits per heavy atom. The van der Waals surface area contributed by atoms with Crippen LogP contribution in [-0.4, -0.2) is 37.2 Å². The van der Waals surface area contributed by atoms with E-state index in [0.29, 0.717) is 18.7 Å². The largest absolute Gasteiger partial charge is 0.497 e. The van der Waals surface area contributed by atoms with Gasteiger partial charge in [0.15, 0.2) is 5.82 Å². The Morgan fingerprint density at radius 1 is 1.09 bits per heavy atom. The number of H-pyrrole nitrogens is 1. The monoisotopic (exact) mass is 474 g/mol. The van der Waals surface area contributed by atoms with E-state index >= 15 is 0 Å². The number of nitrogens with one attached hydrogen (secondary N) is 1. The summed E-state index contributed by atoms with van der Waals surface area (Å²) in [5.41, 5.74) is 2.33. The molecule has 0 bridgehead atoms. The van der Waals surface area contributed by atoms with Gasteiger partial charge in [0.25, 0.3) is 5.56 Å². The fourth-order valence-corrected chi connectivity index (χ4v) is 4.37. The third-order valence-electron chi connectivity index (χ3n) is 6.79. The Kier molecular flexibility index (Phi) is 7.31. The first-order chi connectivity index (χ1) is 16.9. The predicted molar refractivity (Wildman–Crippen MR) is 137 cm³/mol. The average molecular weight is 475 g/mol. The summed E-state index contributed by atoms with van der Waals surface area (Å²) < 4.78 is 7.32. The van der Waals surface area contributed by atoms with Gasteiger partial charge in [0, 0.05) is 29.6 Å². The van der Waals surface area contributed by atoms with Crippen molar-refractivity contribution in [2.24, 2.45) is 0 Å². The third kappa shape index (κ3) is 5.27. The highest BCUT2D eigenvalue weighted by molar-refractivity contribution is 5.80. The highest BCUT2D eigenvalue weighted by Gasteiger charge is 2.31. The molecule has 0 radical (unpaired) electrons.